The van der Waals surface area contributed by atoms with E-state index in [0.29, 0.717) is 24.1 Å². The van der Waals surface area contributed by atoms with Crippen LogP contribution in [0.15, 0.2) is 29.1 Å². The molecular weight excluding hydrogens is 271 g/mol. The summed E-state index contributed by atoms with van der Waals surface area (Å²) in [6.07, 6.45) is 4.95. The van der Waals surface area contributed by atoms with Crippen LogP contribution < -0.4 is 10.9 Å². The van der Waals surface area contributed by atoms with Crippen LogP contribution in [-0.2, 0) is 6.42 Å². The molecule has 0 unspecified atom stereocenters. The molecule has 0 atom stereocenters. The molecule has 1 fully saturated rings. The second kappa shape index (κ2) is 6.03. The fourth-order valence-electron chi connectivity index (χ4n) is 2.60. The van der Waals surface area contributed by atoms with Crippen LogP contribution in [0.2, 0.25) is 0 Å². The second-order valence-corrected chi connectivity index (χ2v) is 5.38. The van der Waals surface area contributed by atoms with Crippen LogP contribution in [-0.4, -0.2) is 21.2 Å². The first-order valence-electron chi connectivity index (χ1n) is 7.17. The summed E-state index contributed by atoms with van der Waals surface area (Å²) in [6, 6.07) is 6.39. The number of benzene rings is 1. The van der Waals surface area contributed by atoms with Crippen molar-refractivity contribution in [3.63, 3.8) is 0 Å². The maximum Gasteiger partial charge on any atom is 0.274 e. The molecule has 0 saturated heterocycles. The first kappa shape index (κ1) is 13.7. The molecule has 2 aromatic rings. The maximum atomic E-state index is 12.8. The summed E-state index contributed by atoms with van der Waals surface area (Å²) in [5, 5.41) is 11.2. The van der Waals surface area contributed by atoms with Crippen molar-refractivity contribution in [2.75, 3.05) is 5.32 Å². The van der Waals surface area contributed by atoms with E-state index in [2.05, 4.69) is 20.5 Å². The van der Waals surface area contributed by atoms with E-state index in [1.807, 2.05) is 0 Å². The summed E-state index contributed by atoms with van der Waals surface area (Å²) in [5.74, 6) is 0.129. The lowest BCUT2D eigenvalue weighted by Crippen LogP contribution is -2.23. The molecule has 0 bridgehead atoms. The Bertz CT molecular complexity index is 662. The Balaban J connectivity index is 1.71. The molecule has 0 amide bonds. The first-order valence-corrected chi connectivity index (χ1v) is 7.17. The molecule has 2 N–H and O–H groups in total. The van der Waals surface area contributed by atoms with E-state index in [1.165, 1.54) is 25.0 Å². The van der Waals surface area contributed by atoms with Crippen LogP contribution in [0.25, 0.3) is 0 Å². The summed E-state index contributed by atoms with van der Waals surface area (Å²) in [4.78, 5) is 14.7. The van der Waals surface area contributed by atoms with Crippen molar-refractivity contribution in [2.24, 2.45) is 0 Å². The standard InChI is InChI=1S/C15H17FN4O/c16-11-7-5-10(6-8-11)9-13-14(21)18-15(20-19-13)17-12-3-1-2-4-12/h5-8,12H,1-4,9H2,(H2,17,18,20,21). The Labute approximate surface area is 121 Å². The van der Waals surface area contributed by atoms with E-state index in [-0.39, 0.29) is 11.4 Å². The summed E-state index contributed by atoms with van der Waals surface area (Å²) in [7, 11) is 0. The van der Waals surface area contributed by atoms with Gasteiger partial charge in [-0.2, -0.15) is 0 Å². The lowest BCUT2D eigenvalue weighted by molar-refractivity contribution is 0.627. The number of nitrogens with one attached hydrogen (secondary N) is 2. The monoisotopic (exact) mass is 288 g/mol. The minimum Gasteiger partial charge on any atom is -0.352 e. The van der Waals surface area contributed by atoms with Gasteiger partial charge in [0.2, 0.25) is 5.95 Å². The molecule has 1 saturated carbocycles. The van der Waals surface area contributed by atoms with Gasteiger partial charge in [-0.1, -0.05) is 25.0 Å². The third-order valence-corrected chi connectivity index (χ3v) is 3.75. The molecule has 1 aromatic carbocycles. The smallest absolute Gasteiger partial charge is 0.274 e. The second-order valence-electron chi connectivity index (χ2n) is 5.38. The number of hydrogen-bond acceptors (Lipinski definition) is 4. The summed E-state index contributed by atoms with van der Waals surface area (Å²) >= 11 is 0. The van der Waals surface area contributed by atoms with Crippen molar-refractivity contribution in [1.82, 2.24) is 15.2 Å². The Hall–Kier alpha value is -2.24. The van der Waals surface area contributed by atoms with Crippen LogP contribution in [0.5, 0.6) is 0 Å². The maximum absolute atomic E-state index is 12.8. The summed E-state index contributed by atoms with van der Waals surface area (Å²) < 4.78 is 12.8. The third kappa shape index (κ3) is 3.45. The number of halogens is 1. The molecule has 0 spiro atoms. The molecule has 1 aliphatic carbocycles. The highest BCUT2D eigenvalue weighted by Crippen LogP contribution is 2.20. The van der Waals surface area contributed by atoms with Crippen molar-refractivity contribution in [2.45, 2.75) is 38.1 Å². The zero-order chi connectivity index (χ0) is 14.7. The van der Waals surface area contributed by atoms with Crippen LogP contribution in [0.3, 0.4) is 0 Å². The van der Waals surface area contributed by atoms with Crippen LogP contribution in [0.1, 0.15) is 36.9 Å². The molecule has 3 rings (SSSR count). The van der Waals surface area contributed by atoms with E-state index >= 15 is 0 Å². The van der Waals surface area contributed by atoms with Gasteiger partial charge in [0.15, 0.2) is 0 Å². The molecule has 5 nitrogen and oxygen atoms in total. The van der Waals surface area contributed by atoms with Crippen LogP contribution in [0.4, 0.5) is 10.3 Å². The van der Waals surface area contributed by atoms with Gasteiger partial charge in [-0.25, -0.2) is 4.39 Å². The number of nitrogens with zero attached hydrogens (tertiary/aromatic N) is 2. The molecule has 1 aliphatic rings. The summed E-state index contributed by atoms with van der Waals surface area (Å²) in [6.45, 7) is 0. The van der Waals surface area contributed by atoms with Gasteiger partial charge in [0.05, 0.1) is 0 Å². The number of hydrogen-bond donors (Lipinski definition) is 2. The third-order valence-electron chi connectivity index (χ3n) is 3.75. The molecule has 6 heteroatoms. The van der Waals surface area contributed by atoms with Gasteiger partial charge in [-0.15, -0.1) is 10.2 Å². The zero-order valence-corrected chi connectivity index (χ0v) is 11.6. The Morgan fingerprint density at radius 3 is 2.57 bits per heavy atom. The molecule has 1 heterocycles. The van der Waals surface area contributed by atoms with E-state index in [0.717, 1.165) is 18.4 Å². The fourth-order valence-corrected chi connectivity index (χ4v) is 2.60. The van der Waals surface area contributed by atoms with E-state index in [4.69, 9.17) is 0 Å². The van der Waals surface area contributed by atoms with E-state index < -0.39 is 0 Å². The average Bonchev–Trinajstić information content (AvgIpc) is 2.97. The highest BCUT2D eigenvalue weighted by molar-refractivity contribution is 5.26. The molecule has 1 aromatic heterocycles. The van der Waals surface area contributed by atoms with Gasteiger partial charge in [0.25, 0.3) is 5.56 Å². The zero-order valence-electron chi connectivity index (χ0n) is 11.6. The van der Waals surface area contributed by atoms with Crippen molar-refractivity contribution in [3.8, 4) is 0 Å². The predicted octanol–water partition coefficient (Wildman–Crippen LogP) is 2.25. The number of rotatable bonds is 4. The summed E-state index contributed by atoms with van der Waals surface area (Å²) in [5.41, 5.74) is 0.904. The van der Waals surface area contributed by atoms with Crippen molar-refractivity contribution >= 4 is 5.95 Å². The highest BCUT2D eigenvalue weighted by Gasteiger charge is 2.16. The van der Waals surface area contributed by atoms with Crippen LogP contribution >= 0.6 is 0 Å². The number of H-pyrrole nitrogens is 1. The van der Waals surface area contributed by atoms with Gasteiger partial charge in [0, 0.05) is 12.5 Å². The lowest BCUT2D eigenvalue weighted by Gasteiger charge is -2.11. The van der Waals surface area contributed by atoms with Crippen molar-refractivity contribution in [3.05, 3.63) is 51.7 Å². The van der Waals surface area contributed by atoms with Gasteiger partial charge >= 0.3 is 0 Å². The van der Waals surface area contributed by atoms with E-state index in [9.17, 15) is 9.18 Å². The van der Waals surface area contributed by atoms with Crippen molar-refractivity contribution in [1.29, 1.82) is 0 Å². The number of anilines is 1. The molecule has 110 valence electrons. The fraction of sp³-hybridized carbons (Fsp3) is 0.400. The molecular formula is C15H17FN4O. The Morgan fingerprint density at radius 1 is 1.19 bits per heavy atom. The normalized spacial score (nSPS) is 15.3. The Kier molecular flexibility index (Phi) is 3.94. The molecule has 0 aliphatic heterocycles. The topological polar surface area (TPSA) is 70.7 Å². The van der Waals surface area contributed by atoms with Crippen LogP contribution in [0, 0.1) is 5.82 Å². The SMILES string of the molecule is O=c1[nH]c(NC2CCCC2)nnc1Cc1ccc(F)cc1. The number of aromatic amines is 1. The lowest BCUT2D eigenvalue weighted by atomic mass is 10.1. The van der Waals surface area contributed by atoms with Gasteiger partial charge in [-0.05, 0) is 30.5 Å². The van der Waals surface area contributed by atoms with Gasteiger partial charge in [0.1, 0.15) is 11.5 Å². The molecule has 21 heavy (non-hydrogen) atoms. The minimum absolute atomic E-state index is 0.255. The predicted molar refractivity (Wildman–Crippen MR) is 77.7 cm³/mol. The average molecular weight is 288 g/mol. The van der Waals surface area contributed by atoms with Gasteiger partial charge in [-0.3, -0.25) is 9.78 Å². The quantitative estimate of drug-likeness (QED) is 0.905. The minimum atomic E-state index is -0.296. The highest BCUT2D eigenvalue weighted by atomic mass is 19.1. The van der Waals surface area contributed by atoms with E-state index in [1.54, 1.807) is 12.1 Å². The van der Waals surface area contributed by atoms with Gasteiger partial charge < -0.3 is 5.32 Å². The largest absolute Gasteiger partial charge is 0.352 e. The Morgan fingerprint density at radius 2 is 1.90 bits per heavy atom. The number of aromatic nitrogens is 3. The first-order chi connectivity index (χ1) is 10.2. The molecule has 0 radical (unpaired) electrons. The van der Waals surface area contributed by atoms with Crippen molar-refractivity contribution < 1.29 is 4.39 Å².